The highest BCUT2D eigenvalue weighted by Gasteiger charge is 2.35. The topological polar surface area (TPSA) is 84.3 Å². The number of nitro groups is 1. The molecule has 2 N–H and O–H groups in total. The summed E-state index contributed by atoms with van der Waals surface area (Å²) in [6.07, 6.45) is 1.84. The molecule has 1 aliphatic heterocycles. The standard InChI is InChI=1S/C15H21N3O3.ClH/c1-11(12-5-3-6-13(9-12)18(20)21)17-14(19)15(2)7-4-8-16-10-15;/h3,5-6,9,11,16H,4,7-8,10H2,1-2H3,(H,17,19);1H. The lowest BCUT2D eigenvalue weighted by Gasteiger charge is -2.33. The summed E-state index contributed by atoms with van der Waals surface area (Å²) in [5.74, 6) is -0.00583. The fourth-order valence-electron chi connectivity index (χ4n) is 2.61. The van der Waals surface area contributed by atoms with Crippen molar-refractivity contribution >= 4 is 24.0 Å². The molecule has 2 rings (SSSR count). The second kappa shape index (κ2) is 7.56. The van der Waals surface area contributed by atoms with E-state index in [0.717, 1.165) is 24.9 Å². The van der Waals surface area contributed by atoms with Crippen LogP contribution in [0, 0.1) is 15.5 Å². The van der Waals surface area contributed by atoms with E-state index in [1.54, 1.807) is 12.1 Å². The Morgan fingerprint density at radius 3 is 2.82 bits per heavy atom. The van der Waals surface area contributed by atoms with Gasteiger partial charge in [0.05, 0.1) is 16.4 Å². The number of carbonyl (C=O) groups excluding carboxylic acids is 1. The molecule has 1 aromatic rings. The molecule has 1 heterocycles. The summed E-state index contributed by atoms with van der Waals surface area (Å²) in [6, 6.07) is 6.13. The second-order valence-electron chi connectivity index (χ2n) is 5.89. The second-order valence-corrected chi connectivity index (χ2v) is 5.89. The molecule has 0 spiro atoms. The molecule has 1 aromatic carbocycles. The van der Waals surface area contributed by atoms with Crippen molar-refractivity contribution in [2.24, 2.45) is 5.41 Å². The highest BCUT2D eigenvalue weighted by Crippen LogP contribution is 2.27. The minimum Gasteiger partial charge on any atom is -0.349 e. The first kappa shape index (κ1) is 18.4. The van der Waals surface area contributed by atoms with Crippen molar-refractivity contribution in [1.29, 1.82) is 0 Å². The minimum atomic E-state index is -0.426. The maximum Gasteiger partial charge on any atom is 0.269 e. The van der Waals surface area contributed by atoms with E-state index in [4.69, 9.17) is 0 Å². The van der Waals surface area contributed by atoms with Crippen molar-refractivity contribution < 1.29 is 9.72 Å². The predicted octanol–water partition coefficient (Wildman–Crippen LogP) is 2.58. The van der Waals surface area contributed by atoms with Crippen LogP contribution in [0.15, 0.2) is 24.3 Å². The maximum absolute atomic E-state index is 12.4. The van der Waals surface area contributed by atoms with Crippen molar-refractivity contribution in [3.05, 3.63) is 39.9 Å². The number of rotatable bonds is 4. The Labute approximate surface area is 136 Å². The normalized spacial score (nSPS) is 22.3. The van der Waals surface area contributed by atoms with Crippen LogP contribution in [0.1, 0.15) is 38.3 Å². The molecular weight excluding hydrogens is 306 g/mol. The first-order valence-corrected chi connectivity index (χ1v) is 7.18. The van der Waals surface area contributed by atoms with Crippen LogP contribution in [0.3, 0.4) is 0 Å². The zero-order valence-electron chi connectivity index (χ0n) is 12.8. The van der Waals surface area contributed by atoms with Crippen LogP contribution in [0.4, 0.5) is 5.69 Å². The van der Waals surface area contributed by atoms with Gasteiger partial charge < -0.3 is 10.6 Å². The molecule has 1 fully saturated rings. The summed E-state index contributed by atoms with van der Waals surface area (Å²) in [4.78, 5) is 22.8. The van der Waals surface area contributed by atoms with E-state index in [-0.39, 0.29) is 30.0 Å². The van der Waals surface area contributed by atoms with Gasteiger partial charge in [-0.15, -0.1) is 12.4 Å². The number of hydrogen-bond donors (Lipinski definition) is 2. The number of halogens is 1. The zero-order chi connectivity index (χ0) is 15.5. The molecule has 0 saturated carbocycles. The van der Waals surface area contributed by atoms with E-state index in [1.165, 1.54) is 12.1 Å². The quantitative estimate of drug-likeness (QED) is 0.657. The third-order valence-corrected chi connectivity index (χ3v) is 4.07. The van der Waals surface area contributed by atoms with Crippen molar-refractivity contribution in [1.82, 2.24) is 10.6 Å². The van der Waals surface area contributed by atoms with Gasteiger partial charge in [-0.05, 0) is 38.8 Å². The van der Waals surface area contributed by atoms with E-state index < -0.39 is 10.3 Å². The van der Waals surface area contributed by atoms with Gasteiger partial charge in [0.2, 0.25) is 5.91 Å². The van der Waals surface area contributed by atoms with E-state index in [1.807, 2.05) is 13.8 Å². The zero-order valence-corrected chi connectivity index (χ0v) is 13.6. The summed E-state index contributed by atoms with van der Waals surface area (Å²) >= 11 is 0. The fraction of sp³-hybridized carbons (Fsp3) is 0.533. The van der Waals surface area contributed by atoms with Crippen molar-refractivity contribution in [3.63, 3.8) is 0 Å². The van der Waals surface area contributed by atoms with E-state index >= 15 is 0 Å². The van der Waals surface area contributed by atoms with E-state index in [2.05, 4.69) is 10.6 Å². The monoisotopic (exact) mass is 327 g/mol. The van der Waals surface area contributed by atoms with Crippen molar-refractivity contribution in [2.75, 3.05) is 13.1 Å². The number of piperidine rings is 1. The van der Waals surface area contributed by atoms with Gasteiger partial charge >= 0.3 is 0 Å². The molecule has 2 atom stereocenters. The molecule has 2 unspecified atom stereocenters. The van der Waals surface area contributed by atoms with Gasteiger partial charge in [0.1, 0.15) is 0 Å². The molecule has 1 amide bonds. The third kappa shape index (κ3) is 4.18. The molecular formula is C15H22ClN3O3. The number of nitrogens with zero attached hydrogens (tertiary/aromatic N) is 1. The number of non-ortho nitro benzene ring substituents is 1. The number of carbonyl (C=O) groups is 1. The van der Waals surface area contributed by atoms with Crippen LogP contribution in [-0.2, 0) is 4.79 Å². The van der Waals surface area contributed by atoms with Crippen LogP contribution in [0.25, 0.3) is 0 Å². The Hall–Kier alpha value is -1.66. The lowest BCUT2D eigenvalue weighted by Crippen LogP contribution is -2.49. The first-order valence-electron chi connectivity index (χ1n) is 7.18. The lowest BCUT2D eigenvalue weighted by atomic mass is 9.81. The molecule has 0 bridgehead atoms. The number of nitro benzene ring substituents is 1. The van der Waals surface area contributed by atoms with E-state index in [0.29, 0.717) is 6.54 Å². The van der Waals surface area contributed by atoms with Crippen LogP contribution in [0.2, 0.25) is 0 Å². The van der Waals surface area contributed by atoms with Gasteiger partial charge in [-0.2, -0.15) is 0 Å². The Kier molecular flexibility index (Phi) is 6.32. The SMILES string of the molecule is CC(NC(=O)C1(C)CCCNC1)c1cccc([N+](=O)[O-])c1.Cl. The van der Waals surface area contributed by atoms with Gasteiger partial charge in [0.25, 0.3) is 5.69 Å². The largest absolute Gasteiger partial charge is 0.349 e. The number of hydrogen-bond acceptors (Lipinski definition) is 4. The number of benzene rings is 1. The number of nitrogens with one attached hydrogen (secondary N) is 2. The van der Waals surface area contributed by atoms with Crippen LogP contribution < -0.4 is 10.6 Å². The number of amides is 1. The molecule has 0 aliphatic carbocycles. The smallest absolute Gasteiger partial charge is 0.269 e. The fourth-order valence-corrected chi connectivity index (χ4v) is 2.61. The molecule has 6 nitrogen and oxygen atoms in total. The molecule has 0 radical (unpaired) electrons. The Balaban J connectivity index is 0.00000242. The van der Waals surface area contributed by atoms with Crippen molar-refractivity contribution in [3.8, 4) is 0 Å². The summed E-state index contributed by atoms with van der Waals surface area (Å²) in [5.41, 5.74) is 0.372. The average molecular weight is 328 g/mol. The molecule has 1 aliphatic rings. The average Bonchev–Trinajstić information content (AvgIpc) is 2.48. The van der Waals surface area contributed by atoms with Gasteiger partial charge in [-0.3, -0.25) is 14.9 Å². The summed E-state index contributed by atoms with van der Waals surface area (Å²) in [5, 5.41) is 17.0. The first-order chi connectivity index (χ1) is 9.92. The molecule has 1 saturated heterocycles. The third-order valence-electron chi connectivity index (χ3n) is 4.07. The Morgan fingerprint density at radius 2 is 2.23 bits per heavy atom. The maximum atomic E-state index is 12.4. The van der Waals surface area contributed by atoms with Gasteiger partial charge in [-0.1, -0.05) is 12.1 Å². The van der Waals surface area contributed by atoms with Crippen LogP contribution >= 0.6 is 12.4 Å². The van der Waals surface area contributed by atoms with E-state index in [9.17, 15) is 14.9 Å². The van der Waals surface area contributed by atoms with Crippen LogP contribution in [-0.4, -0.2) is 23.9 Å². The van der Waals surface area contributed by atoms with Crippen LogP contribution in [0.5, 0.6) is 0 Å². The van der Waals surface area contributed by atoms with Gasteiger partial charge in [0.15, 0.2) is 0 Å². The highest BCUT2D eigenvalue weighted by molar-refractivity contribution is 5.85. The summed E-state index contributed by atoms with van der Waals surface area (Å²) in [6.45, 7) is 5.41. The Bertz CT molecular complexity index is 545. The molecule has 22 heavy (non-hydrogen) atoms. The Morgan fingerprint density at radius 1 is 1.50 bits per heavy atom. The molecule has 122 valence electrons. The minimum absolute atomic E-state index is 0. The van der Waals surface area contributed by atoms with Gasteiger partial charge in [0, 0.05) is 18.7 Å². The molecule has 0 aromatic heterocycles. The lowest BCUT2D eigenvalue weighted by molar-refractivity contribution is -0.384. The predicted molar refractivity (Wildman–Crippen MR) is 87.1 cm³/mol. The summed E-state index contributed by atoms with van der Waals surface area (Å²) in [7, 11) is 0. The molecule has 7 heteroatoms. The van der Waals surface area contributed by atoms with Crippen molar-refractivity contribution in [2.45, 2.75) is 32.7 Å². The highest BCUT2D eigenvalue weighted by atomic mass is 35.5. The summed E-state index contributed by atoms with van der Waals surface area (Å²) < 4.78 is 0. The van der Waals surface area contributed by atoms with Gasteiger partial charge in [-0.25, -0.2) is 0 Å².